The number of fused-ring (bicyclic) bond motifs is 3. The van der Waals surface area contributed by atoms with Crippen molar-refractivity contribution in [1.29, 1.82) is 0 Å². The van der Waals surface area contributed by atoms with Gasteiger partial charge in [-0.15, -0.1) is 4.68 Å². The highest BCUT2D eigenvalue weighted by Gasteiger charge is 2.16. The van der Waals surface area contributed by atoms with Crippen LogP contribution in [0.2, 0.25) is 0 Å². The molecule has 1 aliphatic heterocycles. The summed E-state index contributed by atoms with van der Waals surface area (Å²) in [5, 5.41) is 1.37. The first kappa shape index (κ1) is 10.7. The van der Waals surface area contributed by atoms with Crippen LogP contribution in [-0.2, 0) is 13.1 Å². The van der Waals surface area contributed by atoms with Crippen LogP contribution in [0.4, 0.5) is 0 Å². The van der Waals surface area contributed by atoms with E-state index in [0.717, 1.165) is 0 Å². The highest BCUT2D eigenvalue weighted by Crippen LogP contribution is 2.14. The molecule has 1 aromatic carbocycles. The molecule has 0 atom stereocenters. The number of rotatable bonds is 0. The van der Waals surface area contributed by atoms with E-state index < -0.39 is 0 Å². The van der Waals surface area contributed by atoms with Gasteiger partial charge in [-0.3, -0.25) is 0 Å². The van der Waals surface area contributed by atoms with E-state index in [1.165, 1.54) is 43.3 Å². The van der Waals surface area contributed by atoms with Crippen molar-refractivity contribution >= 4 is 10.9 Å². The predicted molar refractivity (Wildman–Crippen MR) is 56.0 cm³/mol. The zero-order chi connectivity index (χ0) is 9.38. The van der Waals surface area contributed by atoms with Crippen molar-refractivity contribution in [2.24, 2.45) is 0 Å². The second-order valence-corrected chi connectivity index (χ2v) is 4.03. The van der Waals surface area contributed by atoms with Crippen LogP contribution in [0.1, 0.15) is 19.3 Å². The molecule has 2 aromatic rings. The molecular formula is C12H15BrN2. The van der Waals surface area contributed by atoms with Crippen LogP contribution in [0.3, 0.4) is 0 Å². The van der Waals surface area contributed by atoms with Gasteiger partial charge in [0.05, 0.1) is 11.9 Å². The third kappa shape index (κ3) is 1.81. The van der Waals surface area contributed by atoms with Crippen LogP contribution in [-0.4, -0.2) is 4.68 Å². The average Bonchev–Trinajstić information content (AvgIpc) is 2.42. The second kappa shape index (κ2) is 4.35. The molecule has 2 nitrogen and oxygen atoms in total. The van der Waals surface area contributed by atoms with Crippen LogP contribution in [0.5, 0.6) is 0 Å². The van der Waals surface area contributed by atoms with E-state index in [-0.39, 0.29) is 17.0 Å². The molecule has 0 aliphatic carbocycles. The number of hydrogen-bond acceptors (Lipinski definition) is 0. The lowest BCUT2D eigenvalue weighted by Crippen LogP contribution is -3.00. The Hall–Kier alpha value is -0.830. The summed E-state index contributed by atoms with van der Waals surface area (Å²) in [5.41, 5.74) is 1.38. The average molecular weight is 267 g/mol. The van der Waals surface area contributed by atoms with Gasteiger partial charge in [-0.05, 0) is 25.0 Å². The Morgan fingerprint density at radius 2 is 1.93 bits per heavy atom. The van der Waals surface area contributed by atoms with Crippen molar-refractivity contribution in [1.82, 2.24) is 4.68 Å². The molecule has 0 spiro atoms. The molecule has 3 rings (SSSR count). The molecule has 80 valence electrons. The fourth-order valence-corrected chi connectivity index (χ4v) is 2.35. The lowest BCUT2D eigenvalue weighted by molar-refractivity contribution is -0.771. The molecule has 0 radical (unpaired) electrons. The van der Waals surface area contributed by atoms with Gasteiger partial charge in [-0.1, -0.05) is 12.1 Å². The van der Waals surface area contributed by atoms with Gasteiger partial charge in [-0.25, -0.2) is 0 Å². The summed E-state index contributed by atoms with van der Waals surface area (Å²) >= 11 is 0. The number of hydrogen-bond donors (Lipinski definition) is 0. The van der Waals surface area contributed by atoms with Crippen molar-refractivity contribution in [3.63, 3.8) is 0 Å². The summed E-state index contributed by atoms with van der Waals surface area (Å²) in [4.78, 5) is 0. The van der Waals surface area contributed by atoms with Gasteiger partial charge in [0.25, 0.3) is 0 Å². The molecule has 0 N–H and O–H groups in total. The van der Waals surface area contributed by atoms with Crippen LogP contribution >= 0.6 is 0 Å². The minimum atomic E-state index is 0. The highest BCUT2D eigenvalue weighted by molar-refractivity contribution is 5.77. The van der Waals surface area contributed by atoms with Gasteiger partial charge in [0.2, 0.25) is 6.20 Å². The van der Waals surface area contributed by atoms with Gasteiger partial charge < -0.3 is 17.0 Å². The van der Waals surface area contributed by atoms with E-state index in [1.54, 1.807) is 0 Å². The first-order valence-electron chi connectivity index (χ1n) is 5.43. The second-order valence-electron chi connectivity index (χ2n) is 4.03. The lowest BCUT2D eigenvalue weighted by atomic mass is 10.2. The van der Waals surface area contributed by atoms with E-state index in [1.807, 2.05) is 0 Å². The topological polar surface area (TPSA) is 8.81 Å². The zero-order valence-electron chi connectivity index (χ0n) is 8.69. The van der Waals surface area contributed by atoms with Crippen LogP contribution < -0.4 is 21.7 Å². The first-order chi connectivity index (χ1) is 6.95. The van der Waals surface area contributed by atoms with Crippen molar-refractivity contribution < 1.29 is 21.7 Å². The summed E-state index contributed by atoms with van der Waals surface area (Å²) in [6, 6.07) is 8.66. The number of nitrogens with zero attached hydrogens (tertiary/aromatic N) is 2. The number of aromatic nitrogens is 2. The van der Waals surface area contributed by atoms with Gasteiger partial charge in [-0.2, -0.15) is 4.68 Å². The van der Waals surface area contributed by atoms with Gasteiger partial charge in [0.15, 0.2) is 6.54 Å². The smallest absolute Gasteiger partial charge is 0.203 e. The Morgan fingerprint density at radius 1 is 1.07 bits per heavy atom. The Bertz CT molecular complexity index is 462. The van der Waals surface area contributed by atoms with E-state index in [2.05, 4.69) is 39.8 Å². The maximum Gasteiger partial charge on any atom is 0.203 e. The molecule has 1 aliphatic rings. The van der Waals surface area contributed by atoms with Gasteiger partial charge in [0, 0.05) is 6.42 Å². The molecule has 0 bridgehead atoms. The van der Waals surface area contributed by atoms with Crippen molar-refractivity contribution in [3.05, 3.63) is 30.5 Å². The van der Waals surface area contributed by atoms with E-state index in [4.69, 9.17) is 0 Å². The van der Waals surface area contributed by atoms with Crippen molar-refractivity contribution in [3.8, 4) is 0 Å². The molecule has 2 heterocycles. The molecular weight excluding hydrogens is 252 g/mol. The predicted octanol–water partition coefficient (Wildman–Crippen LogP) is -0.883. The minimum absolute atomic E-state index is 0. The maximum absolute atomic E-state index is 2.42. The summed E-state index contributed by atoms with van der Waals surface area (Å²) in [5.74, 6) is 0. The summed E-state index contributed by atoms with van der Waals surface area (Å²) in [7, 11) is 0. The highest BCUT2D eigenvalue weighted by atomic mass is 79.9. The Balaban J connectivity index is 0.000000853. The van der Waals surface area contributed by atoms with Crippen LogP contribution in [0, 0.1) is 0 Å². The fraction of sp³-hybridized carbons (Fsp3) is 0.417. The Kier molecular flexibility index (Phi) is 3.10. The third-order valence-corrected chi connectivity index (χ3v) is 3.07. The number of para-hydroxylation sites is 1. The van der Waals surface area contributed by atoms with Crippen LogP contribution in [0.25, 0.3) is 10.9 Å². The zero-order valence-corrected chi connectivity index (χ0v) is 10.3. The molecule has 0 unspecified atom stereocenters. The van der Waals surface area contributed by atoms with Gasteiger partial charge >= 0.3 is 0 Å². The molecule has 0 saturated heterocycles. The van der Waals surface area contributed by atoms with Crippen molar-refractivity contribution in [2.75, 3.05) is 0 Å². The Labute approximate surface area is 100 Å². The largest absolute Gasteiger partial charge is 1.00 e. The molecule has 0 amide bonds. The number of aryl methyl sites for hydroxylation is 2. The summed E-state index contributed by atoms with van der Waals surface area (Å²) < 4.78 is 4.79. The molecule has 3 heteroatoms. The van der Waals surface area contributed by atoms with E-state index in [0.29, 0.717) is 0 Å². The number of halogens is 1. The van der Waals surface area contributed by atoms with E-state index in [9.17, 15) is 0 Å². The maximum atomic E-state index is 2.42. The molecule has 0 saturated carbocycles. The normalized spacial score (nSPS) is 15.5. The van der Waals surface area contributed by atoms with Gasteiger partial charge in [0.1, 0.15) is 5.52 Å². The standard InChI is InChI=1S/C12H15N2.BrH/c1-4-8-13-10-11-6-2-3-7-12(11)14(13)9-5-1;/h2-3,6-7,10H,1,4-5,8-9H2;1H/q+1;/p-1. The SMILES string of the molecule is [Br-].c1ccc2c(c1)c[n+]1n2CCCCC1. The molecule has 0 fully saturated rings. The van der Waals surface area contributed by atoms with Crippen molar-refractivity contribution in [2.45, 2.75) is 32.4 Å². The summed E-state index contributed by atoms with van der Waals surface area (Å²) in [6.45, 7) is 2.35. The first-order valence-corrected chi connectivity index (χ1v) is 5.43. The monoisotopic (exact) mass is 266 g/mol. The van der Waals surface area contributed by atoms with E-state index >= 15 is 0 Å². The Morgan fingerprint density at radius 3 is 2.87 bits per heavy atom. The minimum Gasteiger partial charge on any atom is -1.00 e. The lowest BCUT2D eigenvalue weighted by Gasteiger charge is -1.97. The molecule has 1 aromatic heterocycles. The number of benzene rings is 1. The molecule has 15 heavy (non-hydrogen) atoms. The quantitative estimate of drug-likeness (QED) is 0.548. The fourth-order valence-electron chi connectivity index (χ4n) is 2.35. The van der Waals surface area contributed by atoms with Crippen LogP contribution in [0.15, 0.2) is 30.5 Å². The third-order valence-electron chi connectivity index (χ3n) is 3.07. The summed E-state index contributed by atoms with van der Waals surface area (Å²) in [6.07, 6.45) is 6.28.